The predicted octanol–water partition coefficient (Wildman–Crippen LogP) is 4.14. The molecule has 0 saturated carbocycles. The second-order valence-corrected chi connectivity index (χ2v) is 12.5. The van der Waals surface area contributed by atoms with Gasteiger partial charge in [-0.3, -0.25) is 4.79 Å². The fourth-order valence-corrected chi connectivity index (χ4v) is 4.65. The Bertz CT molecular complexity index is 460. The van der Waals surface area contributed by atoms with Gasteiger partial charge in [0.25, 0.3) is 5.91 Å². The van der Waals surface area contributed by atoms with E-state index in [1.165, 1.54) is 17.2 Å². The molecule has 19 heavy (non-hydrogen) atoms. The molecule has 0 N–H and O–H groups in total. The molecule has 106 valence electrons. The topological polar surface area (TPSA) is 20.3 Å². The van der Waals surface area contributed by atoms with Gasteiger partial charge in [0.05, 0.1) is 0 Å². The number of carbonyl (C=O) groups excluding carboxylic acids is 1. The summed E-state index contributed by atoms with van der Waals surface area (Å²) in [5.41, 5.74) is 3.42. The summed E-state index contributed by atoms with van der Waals surface area (Å²) < 4.78 is 0. The summed E-state index contributed by atoms with van der Waals surface area (Å²) >= 11 is 0. The molecule has 3 heteroatoms. The Morgan fingerprint density at radius 1 is 1.26 bits per heavy atom. The van der Waals surface area contributed by atoms with Crippen LogP contribution in [0.1, 0.15) is 34.3 Å². The van der Waals surface area contributed by atoms with E-state index in [1.54, 1.807) is 19.0 Å². The summed E-state index contributed by atoms with van der Waals surface area (Å²) in [7, 11) is 2.51. The molecular weight excluding hydrogens is 250 g/mol. The molecule has 0 spiro atoms. The van der Waals surface area contributed by atoms with E-state index < -0.39 is 8.07 Å². The van der Waals surface area contributed by atoms with E-state index in [4.69, 9.17) is 0 Å². The van der Waals surface area contributed by atoms with Crippen LogP contribution in [0.5, 0.6) is 0 Å². The summed E-state index contributed by atoms with van der Waals surface area (Å²) in [6, 6.07) is 7.35. The number of carbonyl (C=O) groups is 1. The molecule has 1 unspecified atom stereocenters. The van der Waals surface area contributed by atoms with Crippen LogP contribution in [0.3, 0.4) is 0 Å². The quantitative estimate of drug-likeness (QED) is 0.758. The number of aryl methyl sites for hydroxylation is 1. The fraction of sp³-hybridized carbons (Fsp3) is 0.562. The van der Waals surface area contributed by atoms with Crippen LogP contribution < -0.4 is 0 Å². The largest absolute Gasteiger partial charge is 0.345 e. The molecule has 1 amide bonds. The first kappa shape index (κ1) is 16.0. The Hall–Kier alpha value is -1.09. The van der Waals surface area contributed by atoms with Crippen LogP contribution in [-0.4, -0.2) is 33.0 Å². The zero-order valence-electron chi connectivity index (χ0n) is 13.4. The minimum atomic E-state index is -1.09. The van der Waals surface area contributed by atoms with Crippen molar-refractivity contribution in [3.8, 4) is 0 Å². The average molecular weight is 277 g/mol. The Balaban J connectivity index is 3.07. The van der Waals surface area contributed by atoms with E-state index in [0.29, 0.717) is 5.92 Å². The van der Waals surface area contributed by atoms with E-state index in [0.717, 1.165) is 5.56 Å². The number of benzene rings is 1. The highest BCUT2D eigenvalue weighted by molar-refractivity contribution is 6.76. The molecule has 1 aromatic rings. The van der Waals surface area contributed by atoms with E-state index in [1.807, 2.05) is 6.07 Å². The van der Waals surface area contributed by atoms with Crippen LogP contribution in [0.4, 0.5) is 0 Å². The van der Waals surface area contributed by atoms with Crippen molar-refractivity contribution in [2.45, 2.75) is 45.5 Å². The first-order chi connectivity index (χ1) is 8.61. The van der Waals surface area contributed by atoms with Crippen LogP contribution in [0.15, 0.2) is 18.2 Å². The standard InChI is InChI=1S/C16H27NOSi/c1-12-8-9-14(16(18)17(3)4)10-15(12)13(2)11-19(5,6)7/h8-10,13H,11H2,1-7H3. The predicted molar refractivity (Wildman–Crippen MR) is 85.8 cm³/mol. The molecule has 0 heterocycles. The van der Waals surface area contributed by atoms with Gasteiger partial charge in [-0.05, 0) is 36.1 Å². The van der Waals surface area contributed by atoms with Crippen molar-refractivity contribution < 1.29 is 4.79 Å². The molecule has 0 aromatic heterocycles. The summed E-state index contributed by atoms with van der Waals surface area (Å²) in [6.07, 6.45) is 0. The van der Waals surface area contributed by atoms with E-state index >= 15 is 0 Å². The van der Waals surface area contributed by atoms with Gasteiger partial charge in [0.2, 0.25) is 0 Å². The molecule has 0 aliphatic carbocycles. The van der Waals surface area contributed by atoms with Crippen molar-refractivity contribution in [1.29, 1.82) is 0 Å². The third-order valence-corrected chi connectivity index (χ3v) is 5.22. The maximum absolute atomic E-state index is 12.1. The van der Waals surface area contributed by atoms with Crippen LogP contribution >= 0.6 is 0 Å². The number of hydrogen-bond donors (Lipinski definition) is 0. The molecular formula is C16H27NOSi. The molecule has 0 radical (unpaired) electrons. The number of hydrogen-bond acceptors (Lipinski definition) is 1. The smallest absolute Gasteiger partial charge is 0.253 e. The summed E-state index contributed by atoms with van der Waals surface area (Å²) in [5.74, 6) is 0.614. The molecule has 0 aliphatic heterocycles. The average Bonchev–Trinajstić information content (AvgIpc) is 2.26. The molecule has 0 fully saturated rings. The van der Waals surface area contributed by atoms with Gasteiger partial charge in [0, 0.05) is 27.7 Å². The van der Waals surface area contributed by atoms with Gasteiger partial charge >= 0.3 is 0 Å². The Morgan fingerprint density at radius 2 is 1.84 bits per heavy atom. The van der Waals surface area contributed by atoms with Crippen molar-refractivity contribution in [2.24, 2.45) is 0 Å². The summed E-state index contributed by atoms with van der Waals surface area (Å²) in [6.45, 7) is 11.6. The molecule has 0 bridgehead atoms. The highest BCUT2D eigenvalue weighted by Gasteiger charge is 2.20. The maximum Gasteiger partial charge on any atom is 0.253 e. The molecule has 1 rings (SSSR count). The first-order valence-electron chi connectivity index (χ1n) is 6.94. The fourth-order valence-electron chi connectivity index (χ4n) is 2.59. The van der Waals surface area contributed by atoms with Gasteiger partial charge in [-0.1, -0.05) is 38.7 Å². The molecule has 1 aromatic carbocycles. The van der Waals surface area contributed by atoms with Crippen molar-refractivity contribution in [1.82, 2.24) is 4.90 Å². The first-order valence-corrected chi connectivity index (χ1v) is 10.6. The summed E-state index contributed by atoms with van der Waals surface area (Å²) in [4.78, 5) is 13.7. The SMILES string of the molecule is Cc1ccc(C(=O)N(C)C)cc1C(C)C[Si](C)(C)C. The number of rotatable bonds is 4. The molecule has 0 saturated heterocycles. The molecule has 2 nitrogen and oxygen atoms in total. The van der Waals surface area contributed by atoms with Gasteiger partial charge < -0.3 is 4.90 Å². The lowest BCUT2D eigenvalue weighted by atomic mass is 9.95. The van der Waals surface area contributed by atoms with Crippen LogP contribution in [0.2, 0.25) is 25.7 Å². The summed E-state index contributed by atoms with van der Waals surface area (Å²) in [5, 5.41) is 0. The molecule has 1 atom stereocenters. The van der Waals surface area contributed by atoms with Crippen molar-refractivity contribution in [2.75, 3.05) is 14.1 Å². The molecule has 0 aliphatic rings. The minimum Gasteiger partial charge on any atom is -0.345 e. The monoisotopic (exact) mass is 277 g/mol. The van der Waals surface area contributed by atoms with Crippen LogP contribution in [0.25, 0.3) is 0 Å². The lowest BCUT2D eigenvalue weighted by Crippen LogP contribution is -2.23. The van der Waals surface area contributed by atoms with E-state index in [9.17, 15) is 4.79 Å². The van der Waals surface area contributed by atoms with Gasteiger partial charge in [-0.2, -0.15) is 0 Å². The second kappa shape index (κ2) is 5.91. The van der Waals surface area contributed by atoms with Crippen LogP contribution in [0, 0.1) is 6.92 Å². The lowest BCUT2D eigenvalue weighted by Gasteiger charge is -2.23. The second-order valence-electron chi connectivity index (χ2n) is 6.94. The van der Waals surface area contributed by atoms with Crippen molar-refractivity contribution in [3.05, 3.63) is 34.9 Å². The lowest BCUT2D eigenvalue weighted by molar-refractivity contribution is 0.0827. The highest BCUT2D eigenvalue weighted by Crippen LogP contribution is 2.29. The van der Waals surface area contributed by atoms with E-state index in [2.05, 4.69) is 45.6 Å². The highest BCUT2D eigenvalue weighted by atomic mass is 28.3. The van der Waals surface area contributed by atoms with E-state index in [-0.39, 0.29) is 5.91 Å². The van der Waals surface area contributed by atoms with Gasteiger partial charge in [-0.25, -0.2) is 0 Å². The zero-order chi connectivity index (χ0) is 14.8. The Labute approximate surface area is 118 Å². The van der Waals surface area contributed by atoms with Gasteiger partial charge in [0.15, 0.2) is 0 Å². The maximum atomic E-state index is 12.1. The van der Waals surface area contributed by atoms with Gasteiger partial charge in [-0.15, -0.1) is 0 Å². The minimum absolute atomic E-state index is 0.0847. The Kier molecular flexibility index (Phi) is 4.96. The van der Waals surface area contributed by atoms with Gasteiger partial charge in [0.1, 0.15) is 0 Å². The third-order valence-electron chi connectivity index (χ3n) is 3.38. The van der Waals surface area contributed by atoms with Crippen LogP contribution in [-0.2, 0) is 0 Å². The number of nitrogens with zero attached hydrogens (tertiary/aromatic N) is 1. The Morgan fingerprint density at radius 3 is 2.32 bits per heavy atom. The normalized spacial score (nSPS) is 13.2. The number of amides is 1. The zero-order valence-corrected chi connectivity index (χ0v) is 14.4. The van der Waals surface area contributed by atoms with Crippen molar-refractivity contribution in [3.63, 3.8) is 0 Å². The third kappa shape index (κ3) is 4.50. The van der Waals surface area contributed by atoms with Crippen molar-refractivity contribution >= 4 is 14.0 Å².